The number of hydrogen-bond acceptors (Lipinski definition) is 1. The Bertz CT molecular complexity index is 222. The molecule has 0 atom stereocenters. The van der Waals surface area contributed by atoms with Gasteiger partial charge in [0.1, 0.15) is 0 Å². The van der Waals surface area contributed by atoms with E-state index >= 15 is 0 Å². The zero-order chi connectivity index (χ0) is 7.40. The minimum absolute atomic E-state index is 0.223. The summed E-state index contributed by atoms with van der Waals surface area (Å²) < 4.78 is 0. The molecule has 0 bridgehead atoms. The maximum absolute atomic E-state index is 10.4. The van der Waals surface area contributed by atoms with E-state index in [1.807, 2.05) is 30.3 Å². The number of hydrogen-bond donors (Lipinski definition) is 1. The number of carbonyl (C=O) groups excluding carboxylic acids is 1. The molecule has 3 heteroatoms. The van der Waals surface area contributed by atoms with Crippen LogP contribution in [0.1, 0.15) is 0 Å². The highest BCUT2D eigenvalue weighted by Gasteiger charge is 1.92. The Hall–Kier alpha value is -0.830. The lowest BCUT2D eigenvalue weighted by atomic mass is 10.3. The number of benzene rings is 1. The van der Waals surface area contributed by atoms with E-state index in [4.69, 9.17) is 0 Å². The van der Waals surface area contributed by atoms with Gasteiger partial charge in [-0.15, -0.1) is 0 Å². The largest absolute Gasteiger partial charge is 0.317 e. The molecule has 0 aliphatic carbocycles. The zero-order valence-electron chi connectivity index (χ0n) is 5.17. The van der Waals surface area contributed by atoms with E-state index in [0.29, 0.717) is 0 Å². The Morgan fingerprint density at radius 3 is 2.40 bits per heavy atom. The second kappa shape index (κ2) is 3.37. The number of amides is 1. The lowest BCUT2D eigenvalue weighted by molar-refractivity contribution is 0.270. The predicted octanol–water partition coefficient (Wildman–Crippen LogP) is 2.61. The normalized spacial score (nSPS) is 8.90. The summed E-state index contributed by atoms with van der Waals surface area (Å²) in [4.78, 5) is 10.2. The minimum Gasteiger partial charge on any atom is -0.317 e. The van der Waals surface area contributed by atoms with Crippen LogP contribution in [-0.2, 0) is 0 Å². The summed E-state index contributed by atoms with van der Waals surface area (Å²) in [5.74, 6) is 0. The number of para-hydroxylation sites is 1. The molecule has 0 heterocycles. The summed E-state index contributed by atoms with van der Waals surface area (Å²) in [5.41, 5.74) is 0.796. The highest BCUT2D eigenvalue weighted by Crippen LogP contribution is 2.05. The van der Waals surface area contributed by atoms with Crippen LogP contribution in [0.25, 0.3) is 0 Å². The third kappa shape index (κ3) is 2.19. The molecule has 1 amide bonds. The van der Waals surface area contributed by atoms with Gasteiger partial charge >= 0.3 is 0 Å². The molecular weight excluding hydrogens is 194 g/mol. The lowest BCUT2D eigenvalue weighted by Crippen LogP contribution is -1.99. The van der Waals surface area contributed by atoms with Gasteiger partial charge in [-0.3, -0.25) is 4.79 Å². The van der Waals surface area contributed by atoms with Gasteiger partial charge in [-0.1, -0.05) is 18.2 Å². The average molecular weight is 200 g/mol. The molecule has 1 aromatic rings. The van der Waals surface area contributed by atoms with E-state index in [2.05, 4.69) is 21.2 Å². The topological polar surface area (TPSA) is 29.1 Å². The summed E-state index contributed by atoms with van der Waals surface area (Å²) in [6, 6.07) is 9.25. The van der Waals surface area contributed by atoms with Gasteiger partial charge in [0.25, 0.3) is 4.82 Å². The molecule has 0 saturated carbocycles. The molecule has 0 aliphatic heterocycles. The van der Waals surface area contributed by atoms with E-state index in [0.717, 1.165) is 5.69 Å². The van der Waals surface area contributed by atoms with Gasteiger partial charge in [-0.25, -0.2) is 0 Å². The summed E-state index contributed by atoms with van der Waals surface area (Å²) in [5, 5.41) is 2.58. The number of carbonyl (C=O) groups is 1. The second-order valence-corrected chi connectivity index (χ2v) is 2.48. The Balaban J connectivity index is 2.67. The van der Waals surface area contributed by atoms with Crippen LogP contribution in [0.15, 0.2) is 30.3 Å². The smallest absolute Gasteiger partial charge is 0.291 e. The fourth-order valence-electron chi connectivity index (χ4n) is 0.635. The van der Waals surface area contributed by atoms with Crippen molar-refractivity contribution in [1.29, 1.82) is 0 Å². The van der Waals surface area contributed by atoms with Crippen molar-refractivity contribution < 1.29 is 4.79 Å². The predicted molar refractivity (Wildman–Crippen MR) is 44.4 cm³/mol. The summed E-state index contributed by atoms with van der Waals surface area (Å²) >= 11 is 2.76. The minimum atomic E-state index is -0.223. The number of rotatable bonds is 1. The fourth-order valence-corrected chi connectivity index (χ4v) is 0.864. The maximum atomic E-state index is 10.4. The molecule has 0 spiro atoms. The van der Waals surface area contributed by atoms with Crippen molar-refractivity contribution >= 4 is 26.4 Å². The van der Waals surface area contributed by atoms with Gasteiger partial charge in [-0.05, 0) is 12.1 Å². The van der Waals surface area contributed by atoms with E-state index in [9.17, 15) is 4.79 Å². The summed E-state index contributed by atoms with van der Waals surface area (Å²) in [6.07, 6.45) is 0. The van der Waals surface area contributed by atoms with E-state index in [-0.39, 0.29) is 4.82 Å². The molecule has 2 nitrogen and oxygen atoms in total. The third-order valence-corrected chi connectivity index (χ3v) is 1.21. The molecule has 0 radical (unpaired) electrons. The van der Waals surface area contributed by atoms with Crippen molar-refractivity contribution in [1.82, 2.24) is 0 Å². The monoisotopic (exact) mass is 199 g/mol. The molecule has 0 saturated heterocycles. The van der Waals surface area contributed by atoms with Crippen LogP contribution in [0.3, 0.4) is 0 Å². The lowest BCUT2D eigenvalue weighted by Gasteiger charge is -1.96. The number of halogens is 1. The molecule has 10 heavy (non-hydrogen) atoms. The van der Waals surface area contributed by atoms with Crippen LogP contribution >= 0.6 is 15.9 Å². The maximum Gasteiger partial charge on any atom is 0.291 e. The van der Waals surface area contributed by atoms with Crippen LogP contribution in [-0.4, -0.2) is 4.82 Å². The molecule has 52 valence electrons. The van der Waals surface area contributed by atoms with E-state index in [1.54, 1.807) is 0 Å². The van der Waals surface area contributed by atoms with Crippen LogP contribution in [0.5, 0.6) is 0 Å². The molecule has 0 fully saturated rings. The highest BCUT2D eigenvalue weighted by atomic mass is 79.9. The molecule has 1 aromatic carbocycles. The van der Waals surface area contributed by atoms with Crippen molar-refractivity contribution in [3.05, 3.63) is 30.3 Å². The molecule has 0 aromatic heterocycles. The zero-order valence-corrected chi connectivity index (χ0v) is 6.76. The van der Waals surface area contributed by atoms with Gasteiger partial charge in [0.15, 0.2) is 0 Å². The van der Waals surface area contributed by atoms with Crippen LogP contribution < -0.4 is 5.32 Å². The molecule has 1 N–H and O–H groups in total. The Labute approximate surface area is 67.4 Å². The van der Waals surface area contributed by atoms with Gasteiger partial charge in [0.2, 0.25) is 0 Å². The van der Waals surface area contributed by atoms with Crippen molar-refractivity contribution in [3.63, 3.8) is 0 Å². The average Bonchev–Trinajstić information content (AvgIpc) is 1.88. The van der Waals surface area contributed by atoms with Crippen LogP contribution in [0.2, 0.25) is 0 Å². The fraction of sp³-hybridized carbons (Fsp3) is 0. The first-order valence-corrected chi connectivity index (χ1v) is 3.60. The van der Waals surface area contributed by atoms with Crippen molar-refractivity contribution in [3.8, 4) is 0 Å². The summed E-state index contributed by atoms with van der Waals surface area (Å²) in [7, 11) is 0. The van der Waals surface area contributed by atoms with Gasteiger partial charge in [0.05, 0.1) is 0 Å². The Morgan fingerprint density at radius 1 is 1.30 bits per heavy atom. The van der Waals surface area contributed by atoms with Gasteiger partial charge in [0, 0.05) is 21.6 Å². The van der Waals surface area contributed by atoms with E-state index in [1.165, 1.54) is 0 Å². The first kappa shape index (κ1) is 7.28. The molecule has 0 unspecified atom stereocenters. The van der Waals surface area contributed by atoms with Gasteiger partial charge in [-0.2, -0.15) is 0 Å². The number of anilines is 1. The standard InChI is InChI=1S/C7H6BrNO/c8-7(10)9-6-4-2-1-3-5-6/h1-5H,(H,9,10). The van der Waals surface area contributed by atoms with Crippen LogP contribution in [0.4, 0.5) is 10.5 Å². The summed E-state index contributed by atoms with van der Waals surface area (Å²) in [6.45, 7) is 0. The second-order valence-electron chi connectivity index (χ2n) is 1.76. The van der Waals surface area contributed by atoms with Gasteiger partial charge < -0.3 is 5.32 Å². The van der Waals surface area contributed by atoms with E-state index < -0.39 is 0 Å². The molecule has 1 rings (SSSR count). The first-order chi connectivity index (χ1) is 4.79. The van der Waals surface area contributed by atoms with Crippen LogP contribution in [0, 0.1) is 0 Å². The number of nitrogens with one attached hydrogen (secondary N) is 1. The van der Waals surface area contributed by atoms with Crippen molar-refractivity contribution in [2.75, 3.05) is 5.32 Å². The van der Waals surface area contributed by atoms with Crippen molar-refractivity contribution in [2.24, 2.45) is 0 Å². The molecule has 0 aliphatic rings. The third-order valence-electron chi connectivity index (χ3n) is 1.02. The first-order valence-electron chi connectivity index (χ1n) is 2.80. The highest BCUT2D eigenvalue weighted by molar-refractivity contribution is 9.18. The quantitative estimate of drug-likeness (QED) is 0.547. The Morgan fingerprint density at radius 2 is 1.90 bits per heavy atom. The SMILES string of the molecule is O=C(Br)Nc1ccccc1. The Kier molecular flexibility index (Phi) is 2.45. The van der Waals surface area contributed by atoms with Crippen molar-refractivity contribution in [2.45, 2.75) is 0 Å². The molecular formula is C7H6BrNO.